The molecular formula is C8H17N3OSi. The van der Waals surface area contributed by atoms with Gasteiger partial charge in [-0.1, -0.05) is 13.1 Å². The molecule has 0 saturated carbocycles. The minimum atomic E-state index is -0.474. The Morgan fingerprint density at radius 1 is 1.62 bits per heavy atom. The molecule has 74 valence electrons. The smallest absolute Gasteiger partial charge is 0.125 e. The first kappa shape index (κ1) is 10.3. The molecule has 0 aromatic carbocycles. The van der Waals surface area contributed by atoms with Crippen LogP contribution in [-0.2, 0) is 11.5 Å². The average Bonchev–Trinajstić information content (AvgIpc) is 2.45. The van der Waals surface area contributed by atoms with Gasteiger partial charge in [0.1, 0.15) is 12.5 Å². The monoisotopic (exact) mass is 199 g/mol. The molecule has 1 aromatic rings. The van der Waals surface area contributed by atoms with Crippen LogP contribution in [0.1, 0.15) is 0 Å². The van der Waals surface area contributed by atoms with Gasteiger partial charge in [-0.15, -0.1) is 0 Å². The number of hydrogen-bond acceptors (Lipinski definition) is 3. The van der Waals surface area contributed by atoms with Crippen molar-refractivity contribution in [1.82, 2.24) is 9.55 Å². The number of hydrogen-bond donors (Lipinski definition) is 1. The molecule has 0 atom stereocenters. The molecule has 0 aliphatic rings. The molecule has 4 nitrogen and oxygen atoms in total. The molecule has 0 unspecified atom stereocenters. The van der Waals surface area contributed by atoms with Crippen LogP contribution < -0.4 is 5.73 Å². The molecule has 0 aliphatic carbocycles. The number of ether oxygens (including phenoxy) is 1. The zero-order valence-electron chi connectivity index (χ0n) is 8.23. The number of anilines is 1. The average molecular weight is 199 g/mol. The van der Waals surface area contributed by atoms with E-state index in [1.807, 2.05) is 0 Å². The van der Waals surface area contributed by atoms with Crippen LogP contribution in [-0.4, -0.2) is 25.0 Å². The lowest BCUT2D eigenvalue weighted by Gasteiger charge is -2.07. The van der Waals surface area contributed by atoms with Crippen molar-refractivity contribution in [2.75, 3.05) is 12.3 Å². The third-order valence-corrected chi connectivity index (χ3v) is 3.20. The molecule has 1 heterocycles. The fraction of sp³-hybridized carbons (Fsp3) is 0.625. The van der Waals surface area contributed by atoms with Crippen molar-refractivity contribution < 1.29 is 4.74 Å². The molecule has 13 heavy (non-hydrogen) atoms. The van der Waals surface area contributed by atoms with Crippen molar-refractivity contribution in [1.29, 1.82) is 0 Å². The third kappa shape index (κ3) is 3.60. The molecule has 0 fully saturated rings. The lowest BCUT2D eigenvalue weighted by atomic mass is 10.7. The Labute approximate surface area is 80.3 Å². The van der Waals surface area contributed by atoms with Crippen LogP contribution in [0.15, 0.2) is 12.5 Å². The molecule has 0 bridgehead atoms. The molecule has 1 rings (SSSR count). The second kappa shape index (κ2) is 5.03. The maximum Gasteiger partial charge on any atom is 0.125 e. The van der Waals surface area contributed by atoms with Crippen LogP contribution in [0.25, 0.3) is 0 Å². The van der Waals surface area contributed by atoms with Gasteiger partial charge < -0.3 is 10.5 Å². The Morgan fingerprint density at radius 2 is 2.38 bits per heavy atom. The van der Waals surface area contributed by atoms with Gasteiger partial charge in [-0.05, 0) is 6.04 Å². The first-order chi connectivity index (χ1) is 6.20. The number of aromatic nitrogens is 2. The highest BCUT2D eigenvalue weighted by molar-refractivity contribution is 6.55. The van der Waals surface area contributed by atoms with Crippen molar-refractivity contribution in [2.45, 2.75) is 25.9 Å². The summed E-state index contributed by atoms with van der Waals surface area (Å²) in [6, 6.07) is 1.22. The van der Waals surface area contributed by atoms with E-state index in [9.17, 15) is 0 Å². The van der Waals surface area contributed by atoms with Gasteiger partial charge >= 0.3 is 0 Å². The zero-order chi connectivity index (χ0) is 9.68. The summed E-state index contributed by atoms with van der Waals surface area (Å²) in [5.74, 6) is 0.654. The van der Waals surface area contributed by atoms with Crippen LogP contribution in [0.4, 0.5) is 5.82 Å². The van der Waals surface area contributed by atoms with E-state index in [1.165, 1.54) is 6.04 Å². The van der Waals surface area contributed by atoms with E-state index in [2.05, 4.69) is 18.1 Å². The van der Waals surface area contributed by atoms with Crippen molar-refractivity contribution in [3.05, 3.63) is 12.5 Å². The molecule has 1 aromatic heterocycles. The van der Waals surface area contributed by atoms with Crippen molar-refractivity contribution >= 4 is 14.6 Å². The van der Waals surface area contributed by atoms with Crippen LogP contribution in [0.5, 0.6) is 0 Å². The number of rotatable bonds is 5. The minimum Gasteiger partial charge on any atom is -0.384 e. The van der Waals surface area contributed by atoms with Crippen LogP contribution in [0, 0.1) is 0 Å². The Bertz CT molecular complexity index is 249. The second-order valence-corrected chi connectivity index (χ2v) is 6.87. The van der Waals surface area contributed by atoms with Gasteiger partial charge in [0.05, 0.1) is 12.5 Å². The summed E-state index contributed by atoms with van der Waals surface area (Å²) in [6.45, 7) is 5.98. The second-order valence-electron chi connectivity index (χ2n) is 3.51. The van der Waals surface area contributed by atoms with Gasteiger partial charge in [0.2, 0.25) is 0 Å². The predicted molar refractivity (Wildman–Crippen MR) is 56.3 cm³/mol. The Kier molecular flexibility index (Phi) is 3.98. The van der Waals surface area contributed by atoms with E-state index < -0.39 is 8.80 Å². The largest absolute Gasteiger partial charge is 0.384 e. The van der Waals surface area contributed by atoms with E-state index in [1.54, 1.807) is 17.1 Å². The maximum atomic E-state index is 5.61. The fourth-order valence-electron chi connectivity index (χ4n) is 0.921. The summed E-state index contributed by atoms with van der Waals surface area (Å²) >= 11 is 0. The van der Waals surface area contributed by atoms with E-state index in [0.717, 1.165) is 6.61 Å². The minimum absolute atomic E-state index is 0.474. The van der Waals surface area contributed by atoms with Gasteiger partial charge in [-0.2, -0.15) is 0 Å². The van der Waals surface area contributed by atoms with Crippen LogP contribution in [0.3, 0.4) is 0 Å². The van der Waals surface area contributed by atoms with E-state index >= 15 is 0 Å². The lowest BCUT2D eigenvalue weighted by molar-refractivity contribution is 0.0889. The Hall–Kier alpha value is -0.813. The molecule has 0 amide bonds. The standard InChI is InChI=1S/C8H17N3OSi/c1-13(2)4-3-12-7-11-6-10-5-8(11)9/h5-6,13H,3-4,7,9H2,1-2H3. The van der Waals surface area contributed by atoms with E-state index in [0.29, 0.717) is 12.5 Å². The Balaban J connectivity index is 2.17. The van der Waals surface area contributed by atoms with Gasteiger partial charge in [0.25, 0.3) is 0 Å². The zero-order valence-corrected chi connectivity index (χ0v) is 9.39. The van der Waals surface area contributed by atoms with Gasteiger partial charge in [-0.3, -0.25) is 4.57 Å². The molecule has 0 saturated heterocycles. The molecule has 2 N–H and O–H groups in total. The number of nitrogens with zero attached hydrogens (tertiary/aromatic N) is 2. The molecular weight excluding hydrogens is 182 g/mol. The molecule has 0 radical (unpaired) electrons. The summed E-state index contributed by atoms with van der Waals surface area (Å²) in [6.07, 6.45) is 3.31. The van der Waals surface area contributed by atoms with E-state index in [-0.39, 0.29) is 0 Å². The topological polar surface area (TPSA) is 53.1 Å². The highest BCUT2D eigenvalue weighted by Crippen LogP contribution is 2.00. The predicted octanol–water partition coefficient (Wildman–Crippen LogP) is 0.926. The summed E-state index contributed by atoms with van der Waals surface area (Å²) < 4.78 is 7.24. The number of nitrogen functional groups attached to an aromatic ring is 1. The van der Waals surface area contributed by atoms with Gasteiger partial charge in [0.15, 0.2) is 0 Å². The first-order valence-corrected chi connectivity index (χ1v) is 7.66. The summed E-state index contributed by atoms with van der Waals surface area (Å²) in [5.41, 5.74) is 5.61. The maximum absolute atomic E-state index is 5.61. The highest BCUT2D eigenvalue weighted by atomic mass is 28.3. The number of nitrogens with two attached hydrogens (primary N) is 1. The summed E-state index contributed by atoms with van der Waals surface area (Å²) in [7, 11) is -0.474. The lowest BCUT2D eigenvalue weighted by Crippen LogP contribution is -2.09. The molecule has 5 heteroatoms. The van der Waals surface area contributed by atoms with E-state index in [4.69, 9.17) is 10.5 Å². The molecule has 0 aliphatic heterocycles. The van der Waals surface area contributed by atoms with Gasteiger partial charge in [-0.25, -0.2) is 4.98 Å². The van der Waals surface area contributed by atoms with Crippen LogP contribution >= 0.6 is 0 Å². The summed E-state index contributed by atoms with van der Waals surface area (Å²) in [5, 5.41) is 0. The Morgan fingerprint density at radius 3 is 2.92 bits per heavy atom. The quantitative estimate of drug-likeness (QED) is 0.567. The molecule has 0 spiro atoms. The fourth-order valence-corrected chi connectivity index (χ4v) is 1.56. The normalized spacial score (nSPS) is 11.0. The highest BCUT2D eigenvalue weighted by Gasteiger charge is 1.98. The SMILES string of the molecule is C[SiH](C)CCOCn1cncc1N. The first-order valence-electron chi connectivity index (χ1n) is 4.53. The van der Waals surface area contributed by atoms with Gasteiger partial charge in [0, 0.05) is 15.4 Å². The van der Waals surface area contributed by atoms with Crippen LogP contribution in [0.2, 0.25) is 19.1 Å². The van der Waals surface area contributed by atoms with Crippen molar-refractivity contribution in [3.63, 3.8) is 0 Å². The van der Waals surface area contributed by atoms with Crippen molar-refractivity contribution in [3.8, 4) is 0 Å². The van der Waals surface area contributed by atoms with Crippen molar-refractivity contribution in [2.24, 2.45) is 0 Å². The summed E-state index contributed by atoms with van der Waals surface area (Å²) in [4.78, 5) is 3.90. The third-order valence-electron chi connectivity index (χ3n) is 1.81. The number of imidazole rings is 1.